The molecule has 0 spiro atoms. The van der Waals surface area contributed by atoms with Crippen molar-refractivity contribution in [3.63, 3.8) is 0 Å². The first-order valence-electron chi connectivity index (χ1n) is 6.97. The topological polar surface area (TPSA) is 29.1 Å². The molecule has 2 rings (SSSR count). The quantitative estimate of drug-likeness (QED) is 0.872. The molecule has 0 aliphatic heterocycles. The molecule has 0 aliphatic rings. The highest BCUT2D eigenvalue weighted by molar-refractivity contribution is 5.91. The standard InChI is InChI=1S/C18H21NO/c1-13-4-8-16(9-5-13)15(3)12-18(20)19-17-10-6-14(2)7-11-17/h4-11,15H,12H2,1-3H3,(H,19,20)/t15-/m1/s1. The van der Waals surface area contributed by atoms with Crippen LogP contribution in [-0.4, -0.2) is 5.91 Å². The van der Waals surface area contributed by atoms with E-state index in [1.54, 1.807) is 0 Å². The molecule has 0 fully saturated rings. The van der Waals surface area contributed by atoms with Crippen LogP contribution in [0.5, 0.6) is 0 Å². The van der Waals surface area contributed by atoms with Crippen molar-refractivity contribution in [3.8, 4) is 0 Å². The number of amides is 1. The van der Waals surface area contributed by atoms with Gasteiger partial charge < -0.3 is 5.32 Å². The van der Waals surface area contributed by atoms with Crippen molar-refractivity contribution < 1.29 is 4.79 Å². The van der Waals surface area contributed by atoms with Crippen molar-refractivity contribution >= 4 is 11.6 Å². The summed E-state index contributed by atoms with van der Waals surface area (Å²) >= 11 is 0. The molecular weight excluding hydrogens is 246 g/mol. The Morgan fingerprint density at radius 2 is 1.45 bits per heavy atom. The van der Waals surface area contributed by atoms with Crippen LogP contribution in [0.4, 0.5) is 5.69 Å². The molecule has 0 aliphatic carbocycles. The van der Waals surface area contributed by atoms with Crippen molar-refractivity contribution in [1.82, 2.24) is 0 Å². The molecule has 0 bridgehead atoms. The molecule has 0 aromatic heterocycles. The highest BCUT2D eigenvalue weighted by atomic mass is 16.1. The maximum atomic E-state index is 12.0. The van der Waals surface area contributed by atoms with Crippen LogP contribution in [0.1, 0.15) is 36.0 Å². The lowest BCUT2D eigenvalue weighted by Crippen LogP contribution is -2.14. The Morgan fingerprint density at radius 3 is 2.00 bits per heavy atom. The average molecular weight is 267 g/mol. The van der Waals surface area contributed by atoms with E-state index in [-0.39, 0.29) is 11.8 Å². The minimum atomic E-state index is 0.0573. The van der Waals surface area contributed by atoms with Gasteiger partial charge in [0.05, 0.1) is 0 Å². The fourth-order valence-corrected chi connectivity index (χ4v) is 2.14. The van der Waals surface area contributed by atoms with E-state index in [2.05, 4.69) is 43.4 Å². The number of benzene rings is 2. The van der Waals surface area contributed by atoms with E-state index in [1.807, 2.05) is 31.2 Å². The lowest BCUT2D eigenvalue weighted by Gasteiger charge is -2.12. The Balaban J connectivity index is 1.93. The number of hydrogen-bond acceptors (Lipinski definition) is 1. The van der Waals surface area contributed by atoms with Crippen LogP contribution in [-0.2, 0) is 4.79 Å². The molecule has 2 aromatic carbocycles. The normalized spacial score (nSPS) is 11.9. The first-order valence-corrected chi connectivity index (χ1v) is 6.97. The lowest BCUT2D eigenvalue weighted by molar-refractivity contribution is -0.116. The lowest BCUT2D eigenvalue weighted by atomic mass is 9.96. The smallest absolute Gasteiger partial charge is 0.224 e. The van der Waals surface area contributed by atoms with E-state index >= 15 is 0 Å². The summed E-state index contributed by atoms with van der Waals surface area (Å²) in [6, 6.07) is 16.2. The number of nitrogens with one attached hydrogen (secondary N) is 1. The van der Waals surface area contributed by atoms with Gasteiger partial charge >= 0.3 is 0 Å². The molecule has 1 amide bonds. The first kappa shape index (κ1) is 14.3. The number of rotatable bonds is 4. The van der Waals surface area contributed by atoms with Crippen LogP contribution in [0.3, 0.4) is 0 Å². The summed E-state index contributed by atoms with van der Waals surface area (Å²) in [4.78, 5) is 12.0. The van der Waals surface area contributed by atoms with Crippen molar-refractivity contribution in [2.75, 3.05) is 5.32 Å². The first-order chi connectivity index (χ1) is 9.54. The second kappa shape index (κ2) is 6.38. The van der Waals surface area contributed by atoms with Crippen molar-refractivity contribution in [2.24, 2.45) is 0 Å². The fourth-order valence-electron chi connectivity index (χ4n) is 2.14. The molecule has 2 aromatic rings. The molecule has 0 heterocycles. The third kappa shape index (κ3) is 3.95. The maximum Gasteiger partial charge on any atom is 0.224 e. The number of aryl methyl sites for hydroxylation is 2. The van der Waals surface area contributed by atoms with Gasteiger partial charge in [-0.15, -0.1) is 0 Å². The molecule has 104 valence electrons. The summed E-state index contributed by atoms with van der Waals surface area (Å²) in [5, 5.41) is 2.94. The fraction of sp³-hybridized carbons (Fsp3) is 0.278. The van der Waals surface area contributed by atoms with Gasteiger partial charge in [0.25, 0.3) is 0 Å². The molecular formula is C18H21NO. The van der Waals surface area contributed by atoms with Gasteiger partial charge in [-0.1, -0.05) is 54.4 Å². The molecule has 0 saturated carbocycles. The van der Waals surface area contributed by atoms with E-state index in [0.717, 1.165) is 5.69 Å². The molecule has 20 heavy (non-hydrogen) atoms. The second-order valence-electron chi connectivity index (χ2n) is 5.43. The molecule has 0 unspecified atom stereocenters. The third-order valence-electron chi connectivity index (χ3n) is 3.47. The van der Waals surface area contributed by atoms with Crippen molar-refractivity contribution in [3.05, 3.63) is 65.2 Å². The summed E-state index contributed by atoms with van der Waals surface area (Å²) in [6.45, 7) is 6.18. The van der Waals surface area contributed by atoms with Gasteiger partial charge in [0.1, 0.15) is 0 Å². The van der Waals surface area contributed by atoms with E-state index in [4.69, 9.17) is 0 Å². The molecule has 0 saturated heterocycles. The number of carbonyl (C=O) groups is 1. The SMILES string of the molecule is Cc1ccc(NC(=O)C[C@@H](C)c2ccc(C)cc2)cc1. The van der Waals surface area contributed by atoms with Crippen molar-refractivity contribution in [2.45, 2.75) is 33.1 Å². The molecule has 0 radical (unpaired) electrons. The van der Waals surface area contributed by atoms with Gasteiger partial charge in [-0.2, -0.15) is 0 Å². The predicted molar refractivity (Wildman–Crippen MR) is 84.0 cm³/mol. The van der Waals surface area contributed by atoms with Crippen LogP contribution in [0.25, 0.3) is 0 Å². The summed E-state index contributed by atoms with van der Waals surface area (Å²) in [5.74, 6) is 0.281. The van der Waals surface area contributed by atoms with E-state index < -0.39 is 0 Å². The summed E-state index contributed by atoms with van der Waals surface area (Å²) in [5.41, 5.74) is 4.49. The molecule has 2 nitrogen and oxygen atoms in total. The summed E-state index contributed by atoms with van der Waals surface area (Å²) in [7, 11) is 0. The Morgan fingerprint density at radius 1 is 0.950 bits per heavy atom. The van der Waals surface area contributed by atoms with Crippen LogP contribution in [0.15, 0.2) is 48.5 Å². The minimum Gasteiger partial charge on any atom is -0.326 e. The van der Waals surface area contributed by atoms with Crippen LogP contribution >= 0.6 is 0 Å². The summed E-state index contributed by atoms with van der Waals surface area (Å²) < 4.78 is 0. The van der Waals surface area contributed by atoms with Crippen molar-refractivity contribution in [1.29, 1.82) is 0 Å². The average Bonchev–Trinajstić information content (AvgIpc) is 2.42. The van der Waals surface area contributed by atoms with Gasteiger partial charge in [-0.05, 0) is 37.5 Å². The largest absolute Gasteiger partial charge is 0.326 e. The number of hydrogen-bond donors (Lipinski definition) is 1. The zero-order valence-electron chi connectivity index (χ0n) is 12.3. The van der Waals surface area contributed by atoms with Gasteiger partial charge in [-0.3, -0.25) is 4.79 Å². The van der Waals surface area contributed by atoms with Gasteiger partial charge in [0.2, 0.25) is 5.91 Å². The molecule has 2 heteroatoms. The van der Waals surface area contributed by atoms with Gasteiger partial charge in [-0.25, -0.2) is 0 Å². The van der Waals surface area contributed by atoms with Crippen LogP contribution in [0.2, 0.25) is 0 Å². The maximum absolute atomic E-state index is 12.0. The molecule has 1 atom stereocenters. The van der Waals surface area contributed by atoms with Crippen LogP contribution < -0.4 is 5.32 Å². The van der Waals surface area contributed by atoms with Gasteiger partial charge in [0, 0.05) is 12.1 Å². The number of anilines is 1. The highest BCUT2D eigenvalue weighted by Gasteiger charge is 2.11. The zero-order chi connectivity index (χ0) is 14.5. The number of carbonyl (C=O) groups excluding carboxylic acids is 1. The highest BCUT2D eigenvalue weighted by Crippen LogP contribution is 2.20. The Bertz CT molecular complexity index is 569. The Labute approximate surface area is 120 Å². The minimum absolute atomic E-state index is 0.0573. The van der Waals surface area contributed by atoms with E-state index in [0.29, 0.717) is 6.42 Å². The summed E-state index contributed by atoms with van der Waals surface area (Å²) in [6.07, 6.45) is 0.497. The monoisotopic (exact) mass is 267 g/mol. The second-order valence-corrected chi connectivity index (χ2v) is 5.43. The van der Waals surface area contributed by atoms with E-state index in [1.165, 1.54) is 16.7 Å². The van der Waals surface area contributed by atoms with Gasteiger partial charge in [0.15, 0.2) is 0 Å². The Kier molecular flexibility index (Phi) is 4.57. The predicted octanol–water partition coefficient (Wildman–Crippen LogP) is 4.44. The molecule has 1 N–H and O–H groups in total. The van der Waals surface area contributed by atoms with Crippen LogP contribution in [0, 0.1) is 13.8 Å². The zero-order valence-corrected chi connectivity index (χ0v) is 12.3. The van der Waals surface area contributed by atoms with E-state index in [9.17, 15) is 4.79 Å². The third-order valence-corrected chi connectivity index (χ3v) is 3.47. The Hall–Kier alpha value is -2.09.